The van der Waals surface area contributed by atoms with Crippen molar-refractivity contribution in [1.29, 1.82) is 0 Å². The first-order valence-electron chi connectivity index (χ1n) is 5.27. The van der Waals surface area contributed by atoms with Crippen molar-refractivity contribution in [2.75, 3.05) is 6.54 Å². The summed E-state index contributed by atoms with van der Waals surface area (Å²) < 4.78 is 0. The van der Waals surface area contributed by atoms with E-state index in [1.807, 2.05) is 0 Å². The van der Waals surface area contributed by atoms with E-state index >= 15 is 0 Å². The fraction of sp³-hybridized carbons (Fsp3) is 1.00. The Hall–Kier alpha value is -0.0800. The highest BCUT2D eigenvalue weighted by Gasteiger charge is 1.97. The molecular weight excluding hydrogens is 148 g/mol. The average Bonchev–Trinajstić information content (AvgIpc) is 2.10. The van der Waals surface area contributed by atoms with E-state index in [-0.39, 0.29) is 6.04 Å². The van der Waals surface area contributed by atoms with Gasteiger partial charge in [0.25, 0.3) is 0 Å². The number of hydrogen-bond donors (Lipinski definition) is 2. The van der Waals surface area contributed by atoms with E-state index < -0.39 is 0 Å². The molecule has 0 rings (SSSR count). The molecule has 0 aliphatic carbocycles. The van der Waals surface area contributed by atoms with Crippen LogP contribution in [0.15, 0.2) is 0 Å². The van der Waals surface area contributed by atoms with Gasteiger partial charge in [-0.3, -0.25) is 0 Å². The average molecular weight is 172 g/mol. The molecule has 0 saturated carbocycles. The highest BCUT2D eigenvalue weighted by molar-refractivity contribution is 4.60. The van der Waals surface area contributed by atoms with E-state index in [9.17, 15) is 0 Å². The number of hydrogen-bond acceptors (Lipinski definition) is 2. The zero-order valence-corrected chi connectivity index (χ0v) is 8.39. The molecule has 0 amide bonds. The normalized spacial score (nSPS) is 13.2. The van der Waals surface area contributed by atoms with Gasteiger partial charge in [-0.25, -0.2) is 0 Å². The van der Waals surface area contributed by atoms with Crippen LogP contribution in [-0.2, 0) is 0 Å². The molecule has 0 saturated heterocycles. The molecule has 74 valence electrons. The largest absolute Gasteiger partial charge is 0.329 e. The summed E-state index contributed by atoms with van der Waals surface area (Å²) in [5, 5.41) is 0. The lowest BCUT2D eigenvalue weighted by atomic mass is 10.1. The number of rotatable bonds is 8. The Morgan fingerprint density at radius 1 is 1.00 bits per heavy atom. The predicted octanol–water partition coefficient (Wildman–Crippen LogP) is 2.02. The van der Waals surface area contributed by atoms with Gasteiger partial charge in [0, 0.05) is 12.6 Å². The summed E-state index contributed by atoms with van der Waals surface area (Å²) >= 11 is 0. The molecule has 0 heterocycles. The second-order valence-corrected chi connectivity index (χ2v) is 3.55. The minimum Gasteiger partial charge on any atom is -0.329 e. The summed E-state index contributed by atoms with van der Waals surface area (Å²) in [4.78, 5) is 0. The van der Waals surface area contributed by atoms with Crippen molar-refractivity contribution in [3.05, 3.63) is 0 Å². The summed E-state index contributed by atoms with van der Waals surface area (Å²) in [6.45, 7) is 2.87. The second kappa shape index (κ2) is 9.01. The van der Waals surface area contributed by atoms with Crippen LogP contribution in [0.2, 0.25) is 0 Å². The Morgan fingerprint density at radius 2 is 1.58 bits per heavy atom. The molecule has 12 heavy (non-hydrogen) atoms. The standard InChI is InChI=1S/C10H24N2/c1-2-3-4-5-6-7-8-10(12)9-11/h10H,2-9,11-12H2,1H3/t10-/m1/s1. The maximum atomic E-state index is 5.69. The van der Waals surface area contributed by atoms with Gasteiger partial charge >= 0.3 is 0 Å². The molecule has 0 unspecified atom stereocenters. The van der Waals surface area contributed by atoms with E-state index in [0.29, 0.717) is 6.54 Å². The molecule has 2 heteroatoms. The maximum absolute atomic E-state index is 5.69. The van der Waals surface area contributed by atoms with E-state index in [2.05, 4.69) is 6.92 Å². The summed E-state index contributed by atoms with van der Waals surface area (Å²) in [6, 6.07) is 0.233. The van der Waals surface area contributed by atoms with Crippen LogP contribution in [0.3, 0.4) is 0 Å². The lowest BCUT2D eigenvalue weighted by Gasteiger charge is -2.07. The van der Waals surface area contributed by atoms with Crippen LogP contribution in [0.5, 0.6) is 0 Å². The van der Waals surface area contributed by atoms with Crippen molar-refractivity contribution in [1.82, 2.24) is 0 Å². The highest BCUT2D eigenvalue weighted by Crippen LogP contribution is 2.07. The molecule has 0 aromatic heterocycles. The molecule has 0 aliphatic rings. The van der Waals surface area contributed by atoms with Gasteiger partial charge in [0.15, 0.2) is 0 Å². The first-order valence-corrected chi connectivity index (χ1v) is 5.27. The Balaban J connectivity index is 2.90. The van der Waals surface area contributed by atoms with Gasteiger partial charge in [0.1, 0.15) is 0 Å². The number of unbranched alkanes of at least 4 members (excludes halogenated alkanes) is 5. The van der Waals surface area contributed by atoms with Gasteiger partial charge in [-0.2, -0.15) is 0 Å². The van der Waals surface area contributed by atoms with Gasteiger partial charge in [-0.15, -0.1) is 0 Å². The molecular formula is C10H24N2. The lowest BCUT2D eigenvalue weighted by molar-refractivity contribution is 0.539. The maximum Gasteiger partial charge on any atom is 0.0163 e. The summed E-state index contributed by atoms with van der Waals surface area (Å²) in [5.41, 5.74) is 11.1. The zero-order valence-electron chi connectivity index (χ0n) is 8.39. The Kier molecular flexibility index (Phi) is 8.95. The van der Waals surface area contributed by atoms with Crippen LogP contribution < -0.4 is 11.5 Å². The van der Waals surface area contributed by atoms with Gasteiger partial charge in [-0.1, -0.05) is 45.4 Å². The van der Waals surface area contributed by atoms with Crippen LogP contribution in [0.1, 0.15) is 51.9 Å². The Labute approximate surface area is 76.7 Å². The molecule has 0 fully saturated rings. The topological polar surface area (TPSA) is 52.0 Å². The minimum absolute atomic E-state index is 0.233. The smallest absolute Gasteiger partial charge is 0.0163 e. The molecule has 0 aromatic rings. The van der Waals surface area contributed by atoms with Gasteiger partial charge in [-0.05, 0) is 6.42 Å². The van der Waals surface area contributed by atoms with E-state index in [1.54, 1.807) is 0 Å². The molecule has 4 N–H and O–H groups in total. The van der Waals surface area contributed by atoms with Crippen molar-refractivity contribution in [3.8, 4) is 0 Å². The van der Waals surface area contributed by atoms with Crippen LogP contribution >= 0.6 is 0 Å². The van der Waals surface area contributed by atoms with E-state index in [0.717, 1.165) is 6.42 Å². The van der Waals surface area contributed by atoms with Gasteiger partial charge in [0.05, 0.1) is 0 Å². The molecule has 0 radical (unpaired) electrons. The first-order chi connectivity index (χ1) is 5.81. The van der Waals surface area contributed by atoms with E-state index in [1.165, 1.54) is 38.5 Å². The third-order valence-electron chi connectivity index (χ3n) is 2.23. The third-order valence-corrected chi connectivity index (χ3v) is 2.23. The third kappa shape index (κ3) is 8.02. The zero-order chi connectivity index (χ0) is 9.23. The van der Waals surface area contributed by atoms with Crippen LogP contribution in [-0.4, -0.2) is 12.6 Å². The quantitative estimate of drug-likeness (QED) is 0.550. The summed E-state index contributed by atoms with van der Waals surface area (Å²) in [5.74, 6) is 0. The van der Waals surface area contributed by atoms with Crippen LogP contribution in [0, 0.1) is 0 Å². The van der Waals surface area contributed by atoms with Crippen LogP contribution in [0.25, 0.3) is 0 Å². The Morgan fingerprint density at radius 3 is 2.17 bits per heavy atom. The predicted molar refractivity (Wildman–Crippen MR) is 55.0 cm³/mol. The molecule has 0 bridgehead atoms. The Bertz CT molecular complexity index is 83.9. The van der Waals surface area contributed by atoms with Gasteiger partial charge < -0.3 is 11.5 Å². The second-order valence-electron chi connectivity index (χ2n) is 3.55. The molecule has 2 nitrogen and oxygen atoms in total. The highest BCUT2D eigenvalue weighted by atomic mass is 14.7. The minimum atomic E-state index is 0.233. The lowest BCUT2D eigenvalue weighted by Crippen LogP contribution is -2.29. The van der Waals surface area contributed by atoms with Crippen LogP contribution in [0.4, 0.5) is 0 Å². The molecule has 1 atom stereocenters. The van der Waals surface area contributed by atoms with Gasteiger partial charge in [0.2, 0.25) is 0 Å². The fourth-order valence-corrected chi connectivity index (χ4v) is 1.30. The molecule has 0 aliphatic heterocycles. The molecule has 0 spiro atoms. The summed E-state index contributed by atoms with van der Waals surface area (Å²) in [6.07, 6.45) is 9.13. The SMILES string of the molecule is CCCCCCCC[C@@H](N)CN. The number of nitrogens with two attached hydrogens (primary N) is 2. The van der Waals surface area contributed by atoms with E-state index in [4.69, 9.17) is 11.5 Å². The first kappa shape index (κ1) is 11.9. The monoisotopic (exact) mass is 172 g/mol. The van der Waals surface area contributed by atoms with Crippen molar-refractivity contribution in [2.24, 2.45) is 11.5 Å². The summed E-state index contributed by atoms with van der Waals surface area (Å²) in [7, 11) is 0. The van der Waals surface area contributed by atoms with Crippen molar-refractivity contribution < 1.29 is 0 Å². The fourth-order valence-electron chi connectivity index (χ4n) is 1.30. The van der Waals surface area contributed by atoms with Crippen molar-refractivity contribution in [3.63, 3.8) is 0 Å². The molecule has 0 aromatic carbocycles. The van der Waals surface area contributed by atoms with Crippen molar-refractivity contribution in [2.45, 2.75) is 57.9 Å². The van der Waals surface area contributed by atoms with Crippen molar-refractivity contribution >= 4 is 0 Å².